The van der Waals surface area contributed by atoms with Gasteiger partial charge in [0, 0.05) is 38.6 Å². The van der Waals surface area contributed by atoms with Crippen molar-refractivity contribution >= 4 is 35.8 Å². The molecule has 0 unspecified atom stereocenters. The Balaban J connectivity index is 0.00000264. The van der Waals surface area contributed by atoms with Crippen LogP contribution in [0.5, 0.6) is 0 Å². The lowest BCUT2D eigenvalue weighted by Crippen LogP contribution is -2.72. The quantitative estimate of drug-likeness (QED) is 0.454. The predicted molar refractivity (Wildman–Crippen MR) is 109 cm³/mol. The van der Waals surface area contributed by atoms with E-state index in [4.69, 9.17) is 0 Å². The van der Waals surface area contributed by atoms with E-state index in [0.717, 1.165) is 24.0 Å². The van der Waals surface area contributed by atoms with Crippen LogP contribution >= 0.6 is 24.0 Å². The van der Waals surface area contributed by atoms with Crippen molar-refractivity contribution in [3.8, 4) is 0 Å². The van der Waals surface area contributed by atoms with Crippen LogP contribution in [0, 0.1) is 5.41 Å². The maximum atomic E-state index is 4.64. The van der Waals surface area contributed by atoms with E-state index in [9.17, 15) is 0 Å². The van der Waals surface area contributed by atoms with Crippen LogP contribution in [0.25, 0.3) is 0 Å². The molecule has 0 radical (unpaired) electrons. The zero-order valence-electron chi connectivity index (χ0n) is 15.3. The molecular formula is C17H30IN5. The molecule has 0 saturated carbocycles. The zero-order chi connectivity index (χ0) is 16.5. The number of guanidine groups is 1. The lowest BCUT2D eigenvalue weighted by atomic mass is 9.65. The van der Waals surface area contributed by atoms with E-state index in [1.54, 1.807) is 0 Å². The monoisotopic (exact) mass is 431 g/mol. The maximum absolute atomic E-state index is 4.64. The van der Waals surface area contributed by atoms with Gasteiger partial charge in [-0.05, 0) is 26.0 Å². The zero-order valence-corrected chi connectivity index (χ0v) is 17.7. The van der Waals surface area contributed by atoms with Crippen LogP contribution in [0.4, 0.5) is 5.82 Å². The number of nitrogens with zero attached hydrogens (tertiary/aromatic N) is 4. The van der Waals surface area contributed by atoms with Gasteiger partial charge in [-0.3, -0.25) is 4.99 Å². The van der Waals surface area contributed by atoms with E-state index in [0.29, 0.717) is 12.0 Å². The fourth-order valence-corrected chi connectivity index (χ4v) is 2.68. The number of aromatic nitrogens is 1. The van der Waals surface area contributed by atoms with Gasteiger partial charge in [0.2, 0.25) is 0 Å². The fourth-order valence-electron chi connectivity index (χ4n) is 2.68. The Bertz CT molecular complexity index is 566. The molecular weight excluding hydrogens is 401 g/mol. The normalized spacial score (nSPS) is 18.7. The Morgan fingerprint density at radius 2 is 1.96 bits per heavy atom. The summed E-state index contributed by atoms with van der Waals surface area (Å²) in [6.07, 6.45) is 0. The Kier molecular flexibility index (Phi) is 6.29. The van der Waals surface area contributed by atoms with Gasteiger partial charge in [0.25, 0.3) is 0 Å². The van der Waals surface area contributed by atoms with Crippen molar-refractivity contribution in [1.82, 2.24) is 15.2 Å². The van der Waals surface area contributed by atoms with Crippen LogP contribution in [0.15, 0.2) is 23.2 Å². The SMILES string of the molecule is CN=C(NCc1cccc(N(C)C)n1)N1CC(C)(C)C1(C)C.I. The largest absolute Gasteiger partial charge is 0.363 e. The number of hydrogen-bond donors (Lipinski definition) is 1. The van der Waals surface area contributed by atoms with Gasteiger partial charge in [-0.2, -0.15) is 0 Å². The Morgan fingerprint density at radius 1 is 1.30 bits per heavy atom. The van der Waals surface area contributed by atoms with Crippen LogP contribution in [-0.4, -0.2) is 49.1 Å². The van der Waals surface area contributed by atoms with Crippen LogP contribution in [0.3, 0.4) is 0 Å². The summed E-state index contributed by atoms with van der Waals surface area (Å²) in [6.45, 7) is 10.9. The van der Waals surface area contributed by atoms with Crippen LogP contribution in [0.1, 0.15) is 33.4 Å². The molecule has 0 bridgehead atoms. The first-order chi connectivity index (χ1) is 10.2. The molecule has 1 saturated heterocycles. The molecule has 1 aromatic heterocycles. The Hall–Kier alpha value is -1.05. The summed E-state index contributed by atoms with van der Waals surface area (Å²) >= 11 is 0. The molecule has 2 heterocycles. The van der Waals surface area contributed by atoms with Gasteiger partial charge in [-0.15, -0.1) is 24.0 Å². The van der Waals surface area contributed by atoms with Gasteiger partial charge in [-0.1, -0.05) is 19.9 Å². The average molecular weight is 431 g/mol. The number of aliphatic imine (C=N–C) groups is 1. The molecule has 1 aliphatic heterocycles. The van der Waals surface area contributed by atoms with Crippen molar-refractivity contribution in [3.63, 3.8) is 0 Å². The third kappa shape index (κ3) is 3.89. The maximum Gasteiger partial charge on any atom is 0.194 e. The smallest absolute Gasteiger partial charge is 0.194 e. The second-order valence-corrected chi connectivity index (χ2v) is 7.31. The Labute approximate surface area is 157 Å². The molecule has 1 fully saturated rings. The fraction of sp³-hybridized carbons (Fsp3) is 0.647. The molecule has 0 spiro atoms. The molecule has 0 aliphatic carbocycles. The summed E-state index contributed by atoms with van der Waals surface area (Å²) in [5.74, 6) is 1.92. The molecule has 23 heavy (non-hydrogen) atoms. The topological polar surface area (TPSA) is 43.8 Å². The minimum Gasteiger partial charge on any atom is -0.363 e. The first-order valence-electron chi connectivity index (χ1n) is 7.80. The van der Waals surface area contributed by atoms with E-state index >= 15 is 0 Å². The molecule has 1 N–H and O–H groups in total. The van der Waals surface area contributed by atoms with E-state index in [-0.39, 0.29) is 29.5 Å². The standard InChI is InChI=1S/C17H29N5.HI/c1-16(2)12-22(17(16,3)4)15(18-5)19-11-13-9-8-10-14(20-13)21(6)7;/h8-10H,11-12H2,1-7H3,(H,18,19);1H. The third-order valence-electron chi connectivity index (χ3n) is 5.03. The van der Waals surface area contributed by atoms with Gasteiger partial charge < -0.3 is 15.1 Å². The number of nitrogens with one attached hydrogen (secondary N) is 1. The number of halogens is 1. The molecule has 6 heteroatoms. The van der Waals surface area contributed by atoms with E-state index in [1.807, 2.05) is 44.2 Å². The lowest BCUT2D eigenvalue weighted by Gasteiger charge is -2.62. The van der Waals surface area contributed by atoms with Crippen LogP contribution < -0.4 is 10.2 Å². The molecule has 1 aliphatic rings. The van der Waals surface area contributed by atoms with Gasteiger partial charge in [-0.25, -0.2) is 4.98 Å². The van der Waals surface area contributed by atoms with E-state index < -0.39 is 0 Å². The number of pyridine rings is 1. The van der Waals surface area contributed by atoms with Crippen LogP contribution in [0.2, 0.25) is 0 Å². The predicted octanol–water partition coefficient (Wildman–Crippen LogP) is 2.96. The van der Waals surface area contributed by atoms with Gasteiger partial charge in [0.15, 0.2) is 5.96 Å². The summed E-state index contributed by atoms with van der Waals surface area (Å²) in [4.78, 5) is 13.4. The highest BCUT2D eigenvalue weighted by molar-refractivity contribution is 14.0. The van der Waals surface area contributed by atoms with Gasteiger partial charge in [0.05, 0.1) is 12.2 Å². The summed E-state index contributed by atoms with van der Waals surface area (Å²) in [5.41, 5.74) is 1.42. The minimum atomic E-state index is 0. The molecule has 1 aromatic rings. The molecule has 2 rings (SSSR count). The van der Waals surface area contributed by atoms with E-state index in [2.05, 4.69) is 47.9 Å². The van der Waals surface area contributed by atoms with Gasteiger partial charge in [0.1, 0.15) is 5.82 Å². The first-order valence-corrected chi connectivity index (χ1v) is 7.80. The highest BCUT2D eigenvalue weighted by atomic mass is 127. The summed E-state index contributed by atoms with van der Waals surface area (Å²) in [7, 11) is 5.85. The number of likely N-dealkylation sites (tertiary alicyclic amines) is 1. The second kappa shape index (κ2) is 7.23. The third-order valence-corrected chi connectivity index (χ3v) is 5.03. The first kappa shape index (κ1) is 20.0. The van der Waals surface area contributed by atoms with Crippen molar-refractivity contribution in [2.45, 2.75) is 39.8 Å². The van der Waals surface area contributed by atoms with Gasteiger partial charge >= 0.3 is 0 Å². The lowest BCUT2D eigenvalue weighted by molar-refractivity contribution is -0.0668. The minimum absolute atomic E-state index is 0. The summed E-state index contributed by atoms with van der Waals surface area (Å²) < 4.78 is 0. The summed E-state index contributed by atoms with van der Waals surface area (Å²) in [5, 5.41) is 3.44. The van der Waals surface area contributed by atoms with Crippen molar-refractivity contribution in [1.29, 1.82) is 0 Å². The average Bonchev–Trinajstić information content (AvgIpc) is 2.47. The molecule has 0 aromatic carbocycles. The highest BCUT2D eigenvalue weighted by Crippen LogP contribution is 2.46. The van der Waals surface area contributed by atoms with E-state index in [1.165, 1.54) is 0 Å². The molecule has 130 valence electrons. The highest BCUT2D eigenvalue weighted by Gasteiger charge is 2.53. The van der Waals surface area contributed by atoms with Crippen molar-refractivity contribution < 1.29 is 0 Å². The molecule has 5 nitrogen and oxygen atoms in total. The van der Waals surface area contributed by atoms with Crippen LogP contribution in [-0.2, 0) is 6.54 Å². The van der Waals surface area contributed by atoms with Crippen molar-refractivity contribution in [2.75, 3.05) is 32.6 Å². The second-order valence-electron chi connectivity index (χ2n) is 7.31. The summed E-state index contributed by atoms with van der Waals surface area (Å²) in [6, 6.07) is 6.09. The molecule has 0 atom stereocenters. The van der Waals surface area contributed by atoms with Crippen molar-refractivity contribution in [2.24, 2.45) is 10.4 Å². The molecule has 0 amide bonds. The number of hydrogen-bond acceptors (Lipinski definition) is 3. The Morgan fingerprint density at radius 3 is 2.43 bits per heavy atom. The number of rotatable bonds is 3. The van der Waals surface area contributed by atoms with Crippen molar-refractivity contribution in [3.05, 3.63) is 23.9 Å². The number of anilines is 1.